The average molecular weight is 252 g/mol. The lowest BCUT2D eigenvalue weighted by molar-refractivity contribution is -0.128. The van der Waals surface area contributed by atoms with Crippen LogP contribution in [0, 0.1) is 0 Å². The molecule has 2 N–H and O–H groups in total. The molecule has 18 heavy (non-hydrogen) atoms. The second-order valence-electron chi connectivity index (χ2n) is 4.19. The maximum absolute atomic E-state index is 11.6. The summed E-state index contributed by atoms with van der Waals surface area (Å²) in [5, 5.41) is 0. The van der Waals surface area contributed by atoms with Gasteiger partial charge in [0.15, 0.2) is 0 Å². The fourth-order valence-electron chi connectivity index (χ4n) is 1.65. The molecule has 0 fully saturated rings. The molecule has 1 aromatic carbocycles. The molecule has 0 bridgehead atoms. The molecule has 5 heteroatoms. The van der Waals surface area contributed by atoms with Crippen LogP contribution in [0.2, 0.25) is 0 Å². The lowest BCUT2D eigenvalue weighted by Crippen LogP contribution is -2.21. The van der Waals surface area contributed by atoms with Gasteiger partial charge in [0.05, 0.1) is 19.9 Å². The highest BCUT2D eigenvalue weighted by molar-refractivity contribution is 5.76. The summed E-state index contributed by atoms with van der Waals surface area (Å²) in [5.74, 6) is 1.34. The molecule has 100 valence electrons. The van der Waals surface area contributed by atoms with Crippen LogP contribution in [0.1, 0.15) is 12.0 Å². The minimum Gasteiger partial charge on any atom is -0.496 e. The fraction of sp³-hybridized carbons (Fsp3) is 0.462. The van der Waals surface area contributed by atoms with Crippen molar-refractivity contribution in [3.05, 3.63) is 17.7 Å². The average Bonchev–Trinajstić information content (AvgIpc) is 2.35. The van der Waals surface area contributed by atoms with E-state index in [4.69, 9.17) is 15.2 Å². The van der Waals surface area contributed by atoms with Gasteiger partial charge in [0.25, 0.3) is 0 Å². The minimum atomic E-state index is 0.0754. The van der Waals surface area contributed by atoms with Crippen molar-refractivity contribution < 1.29 is 14.3 Å². The zero-order valence-electron chi connectivity index (χ0n) is 11.3. The Morgan fingerprint density at radius 3 is 2.33 bits per heavy atom. The van der Waals surface area contributed by atoms with Crippen molar-refractivity contribution in [1.82, 2.24) is 4.90 Å². The van der Waals surface area contributed by atoms with Crippen LogP contribution in [0.5, 0.6) is 11.5 Å². The number of hydrogen-bond acceptors (Lipinski definition) is 4. The molecule has 0 heterocycles. The molecule has 0 aliphatic heterocycles. The quantitative estimate of drug-likeness (QED) is 0.802. The molecule has 0 spiro atoms. The van der Waals surface area contributed by atoms with Crippen LogP contribution in [-0.2, 0) is 11.2 Å². The normalized spacial score (nSPS) is 10.0. The number of hydrogen-bond donors (Lipinski definition) is 1. The van der Waals surface area contributed by atoms with E-state index < -0.39 is 0 Å². The number of nitrogen functional groups attached to an aromatic ring is 1. The summed E-state index contributed by atoms with van der Waals surface area (Å²) >= 11 is 0. The Bertz CT molecular complexity index is 430. The second-order valence-corrected chi connectivity index (χ2v) is 4.19. The van der Waals surface area contributed by atoms with Crippen LogP contribution in [0.3, 0.4) is 0 Å². The number of nitrogens with two attached hydrogens (primary N) is 1. The van der Waals surface area contributed by atoms with E-state index in [0.717, 1.165) is 5.56 Å². The van der Waals surface area contributed by atoms with Crippen molar-refractivity contribution in [2.45, 2.75) is 12.8 Å². The lowest BCUT2D eigenvalue weighted by Gasteiger charge is -2.14. The largest absolute Gasteiger partial charge is 0.496 e. The molecular formula is C13H20N2O3. The lowest BCUT2D eigenvalue weighted by atomic mass is 10.1. The SMILES string of the molecule is COc1cc(OC)c(CCC(=O)N(C)C)cc1N. The number of rotatable bonds is 5. The molecule has 1 rings (SSSR count). The first-order chi connectivity index (χ1) is 8.49. The number of ether oxygens (including phenoxy) is 2. The first-order valence-corrected chi connectivity index (χ1v) is 5.70. The molecule has 0 radical (unpaired) electrons. The van der Waals surface area contributed by atoms with Crippen molar-refractivity contribution in [3.63, 3.8) is 0 Å². The maximum Gasteiger partial charge on any atom is 0.222 e. The predicted molar refractivity (Wildman–Crippen MR) is 71.0 cm³/mol. The molecule has 0 unspecified atom stereocenters. The molecule has 0 saturated heterocycles. The predicted octanol–water partition coefficient (Wildman–Crippen LogP) is 1.31. The van der Waals surface area contributed by atoms with Gasteiger partial charge in [-0.2, -0.15) is 0 Å². The number of amides is 1. The smallest absolute Gasteiger partial charge is 0.222 e. The Balaban J connectivity index is 2.88. The van der Waals surface area contributed by atoms with Gasteiger partial charge in [-0.25, -0.2) is 0 Å². The van der Waals surface area contributed by atoms with Gasteiger partial charge in [-0.3, -0.25) is 4.79 Å². The molecule has 0 aliphatic rings. The van der Waals surface area contributed by atoms with Crippen LogP contribution in [-0.4, -0.2) is 39.1 Å². The van der Waals surface area contributed by atoms with Crippen molar-refractivity contribution >= 4 is 11.6 Å². The molecule has 0 aromatic heterocycles. The van der Waals surface area contributed by atoms with E-state index in [1.165, 1.54) is 0 Å². The number of methoxy groups -OCH3 is 2. The van der Waals surface area contributed by atoms with Gasteiger partial charge in [0.2, 0.25) is 5.91 Å². The molecule has 0 aliphatic carbocycles. The second kappa shape index (κ2) is 6.14. The summed E-state index contributed by atoms with van der Waals surface area (Å²) in [6.45, 7) is 0. The third kappa shape index (κ3) is 3.29. The highest BCUT2D eigenvalue weighted by Gasteiger charge is 2.11. The number of carbonyl (C=O) groups is 1. The van der Waals surface area contributed by atoms with Gasteiger partial charge < -0.3 is 20.1 Å². The van der Waals surface area contributed by atoms with Gasteiger partial charge in [-0.15, -0.1) is 0 Å². The van der Waals surface area contributed by atoms with Crippen LogP contribution in [0.25, 0.3) is 0 Å². The van der Waals surface area contributed by atoms with Gasteiger partial charge in [-0.05, 0) is 18.1 Å². The molecule has 1 amide bonds. The van der Waals surface area contributed by atoms with E-state index in [0.29, 0.717) is 30.0 Å². The van der Waals surface area contributed by atoms with Crippen LogP contribution >= 0.6 is 0 Å². The Hall–Kier alpha value is -1.91. The summed E-state index contributed by atoms with van der Waals surface area (Å²) in [6, 6.07) is 3.53. The molecule has 5 nitrogen and oxygen atoms in total. The maximum atomic E-state index is 11.6. The summed E-state index contributed by atoms with van der Waals surface area (Å²) in [5.41, 5.74) is 7.30. The Morgan fingerprint density at radius 1 is 1.22 bits per heavy atom. The molecule has 1 aromatic rings. The molecule has 0 saturated carbocycles. The van der Waals surface area contributed by atoms with Crippen molar-refractivity contribution in [1.29, 1.82) is 0 Å². The van der Waals surface area contributed by atoms with Crippen LogP contribution < -0.4 is 15.2 Å². The summed E-state index contributed by atoms with van der Waals surface area (Å²) < 4.78 is 10.4. The van der Waals surface area contributed by atoms with Crippen LogP contribution in [0.15, 0.2) is 12.1 Å². The van der Waals surface area contributed by atoms with Gasteiger partial charge >= 0.3 is 0 Å². The number of nitrogens with zero attached hydrogens (tertiary/aromatic N) is 1. The van der Waals surface area contributed by atoms with Crippen molar-refractivity contribution in [2.75, 3.05) is 34.0 Å². The fourth-order valence-corrected chi connectivity index (χ4v) is 1.65. The first kappa shape index (κ1) is 14.2. The summed E-state index contributed by atoms with van der Waals surface area (Å²) in [4.78, 5) is 13.1. The first-order valence-electron chi connectivity index (χ1n) is 5.70. The van der Waals surface area contributed by atoms with Gasteiger partial charge in [-0.1, -0.05) is 0 Å². The summed E-state index contributed by atoms with van der Waals surface area (Å²) in [6.07, 6.45) is 1.02. The topological polar surface area (TPSA) is 64.8 Å². The number of anilines is 1. The number of benzene rings is 1. The molecule has 0 atom stereocenters. The van der Waals surface area contributed by atoms with Crippen LogP contribution in [0.4, 0.5) is 5.69 Å². The van der Waals surface area contributed by atoms with E-state index in [1.54, 1.807) is 45.3 Å². The van der Waals surface area contributed by atoms with Crippen molar-refractivity contribution in [2.24, 2.45) is 0 Å². The third-order valence-corrected chi connectivity index (χ3v) is 2.74. The minimum absolute atomic E-state index is 0.0754. The Labute approximate surface area is 107 Å². The zero-order chi connectivity index (χ0) is 13.7. The highest BCUT2D eigenvalue weighted by atomic mass is 16.5. The summed E-state index contributed by atoms with van der Waals surface area (Å²) in [7, 11) is 6.62. The van der Waals surface area contributed by atoms with E-state index in [1.807, 2.05) is 0 Å². The third-order valence-electron chi connectivity index (χ3n) is 2.74. The Kier molecular flexibility index (Phi) is 4.83. The highest BCUT2D eigenvalue weighted by Crippen LogP contribution is 2.31. The van der Waals surface area contributed by atoms with E-state index in [9.17, 15) is 4.79 Å². The van der Waals surface area contributed by atoms with E-state index >= 15 is 0 Å². The number of carbonyl (C=O) groups excluding carboxylic acids is 1. The van der Waals surface area contributed by atoms with E-state index in [2.05, 4.69) is 0 Å². The standard InChI is InChI=1S/C13H20N2O3/c1-15(2)13(16)6-5-9-7-10(14)12(18-4)8-11(9)17-3/h7-8H,5-6,14H2,1-4H3. The van der Waals surface area contributed by atoms with Gasteiger partial charge in [0, 0.05) is 26.6 Å². The Morgan fingerprint density at radius 2 is 1.83 bits per heavy atom. The zero-order valence-corrected chi connectivity index (χ0v) is 11.3. The van der Waals surface area contributed by atoms with E-state index in [-0.39, 0.29) is 5.91 Å². The monoisotopic (exact) mass is 252 g/mol. The van der Waals surface area contributed by atoms with Gasteiger partial charge in [0.1, 0.15) is 11.5 Å². The van der Waals surface area contributed by atoms with Crippen molar-refractivity contribution in [3.8, 4) is 11.5 Å². The number of aryl methyl sites for hydroxylation is 1. The molecular weight excluding hydrogens is 232 g/mol.